The molecular formula is C17H13F5N4O2S. The summed E-state index contributed by atoms with van der Waals surface area (Å²) in [6.45, 7) is 1.45. The summed E-state index contributed by atoms with van der Waals surface area (Å²) in [4.78, 5) is 17.1. The summed E-state index contributed by atoms with van der Waals surface area (Å²) in [7, 11) is 0. The second kappa shape index (κ2) is 8.55. The maximum atomic E-state index is 13.5. The van der Waals surface area contributed by atoms with Gasteiger partial charge in [0.15, 0.2) is 12.4 Å². The summed E-state index contributed by atoms with van der Waals surface area (Å²) in [5.41, 5.74) is 2.95. The van der Waals surface area contributed by atoms with Gasteiger partial charge in [0.1, 0.15) is 0 Å². The highest BCUT2D eigenvalue weighted by atomic mass is 32.1. The number of anilines is 1. The SMILES string of the molecule is Cc1ncsc1CCn1cc(NC(=O)COc2c(F)c(F)c(F)c(F)c2F)cn1. The Morgan fingerprint density at radius 3 is 2.41 bits per heavy atom. The first-order chi connectivity index (χ1) is 13.8. The van der Waals surface area contributed by atoms with Crippen molar-refractivity contribution in [3.8, 4) is 5.75 Å². The van der Waals surface area contributed by atoms with E-state index in [-0.39, 0.29) is 5.69 Å². The van der Waals surface area contributed by atoms with Gasteiger partial charge < -0.3 is 10.1 Å². The van der Waals surface area contributed by atoms with Crippen LogP contribution >= 0.6 is 11.3 Å². The van der Waals surface area contributed by atoms with Crippen molar-refractivity contribution in [3.63, 3.8) is 0 Å². The molecule has 0 bridgehead atoms. The second-order valence-electron chi connectivity index (χ2n) is 5.84. The van der Waals surface area contributed by atoms with Crippen molar-refractivity contribution in [1.82, 2.24) is 14.8 Å². The quantitative estimate of drug-likeness (QED) is 0.352. The topological polar surface area (TPSA) is 69.0 Å². The molecule has 1 amide bonds. The molecular weight excluding hydrogens is 419 g/mol. The number of carbonyl (C=O) groups excluding carboxylic acids is 1. The Labute approximate surface area is 164 Å². The zero-order valence-electron chi connectivity index (χ0n) is 14.8. The van der Waals surface area contributed by atoms with Gasteiger partial charge in [-0.3, -0.25) is 9.48 Å². The van der Waals surface area contributed by atoms with Gasteiger partial charge >= 0.3 is 0 Å². The number of hydrogen-bond donors (Lipinski definition) is 1. The number of aromatic nitrogens is 3. The Bertz CT molecular complexity index is 1020. The zero-order chi connectivity index (χ0) is 21.1. The Kier molecular flexibility index (Phi) is 6.11. The molecule has 0 aliphatic heterocycles. The predicted octanol–water partition coefficient (Wildman–Crippen LogP) is 3.60. The second-order valence-corrected chi connectivity index (χ2v) is 6.78. The number of amides is 1. The van der Waals surface area contributed by atoms with E-state index in [1.165, 1.54) is 23.7 Å². The van der Waals surface area contributed by atoms with Crippen molar-refractivity contribution in [1.29, 1.82) is 0 Å². The molecule has 29 heavy (non-hydrogen) atoms. The van der Waals surface area contributed by atoms with E-state index in [0.717, 1.165) is 10.6 Å². The molecule has 6 nitrogen and oxygen atoms in total. The van der Waals surface area contributed by atoms with Crippen molar-refractivity contribution < 1.29 is 31.5 Å². The van der Waals surface area contributed by atoms with Gasteiger partial charge in [-0.05, 0) is 6.92 Å². The Morgan fingerprint density at radius 2 is 1.79 bits per heavy atom. The van der Waals surface area contributed by atoms with E-state index in [1.807, 2.05) is 6.92 Å². The third kappa shape index (κ3) is 4.53. The number of nitrogens with one attached hydrogen (secondary N) is 1. The molecule has 154 valence electrons. The molecule has 3 rings (SSSR count). The number of thiazole rings is 1. The van der Waals surface area contributed by atoms with Gasteiger partial charge in [-0.1, -0.05) is 0 Å². The Balaban J connectivity index is 1.57. The van der Waals surface area contributed by atoms with E-state index in [4.69, 9.17) is 0 Å². The number of aryl methyl sites for hydroxylation is 3. The molecule has 3 aromatic rings. The minimum absolute atomic E-state index is 0.275. The third-order valence-electron chi connectivity index (χ3n) is 3.85. The standard InChI is InChI=1S/C17H13F5N4O2S/c1-8-10(29-7-23-8)2-3-26-5-9(4-24-26)25-11(27)6-28-17-15(21)13(19)12(18)14(20)16(17)22/h4-5,7H,2-3,6H2,1H3,(H,25,27). The summed E-state index contributed by atoms with van der Waals surface area (Å²) >= 11 is 1.52. The average molecular weight is 432 g/mol. The largest absolute Gasteiger partial charge is 0.477 e. The van der Waals surface area contributed by atoms with Crippen LogP contribution in [-0.2, 0) is 17.8 Å². The molecule has 0 fully saturated rings. The van der Waals surface area contributed by atoms with Gasteiger partial charge in [0.2, 0.25) is 29.1 Å². The van der Waals surface area contributed by atoms with Crippen LogP contribution in [0.5, 0.6) is 5.75 Å². The van der Waals surface area contributed by atoms with Crippen molar-refractivity contribution in [2.45, 2.75) is 19.9 Å². The number of benzene rings is 1. The van der Waals surface area contributed by atoms with Gasteiger partial charge in [0, 0.05) is 24.0 Å². The van der Waals surface area contributed by atoms with Crippen LogP contribution in [0.2, 0.25) is 0 Å². The Hall–Kier alpha value is -3.02. The smallest absolute Gasteiger partial charge is 0.262 e. The minimum atomic E-state index is -2.31. The van der Waals surface area contributed by atoms with Crippen molar-refractivity contribution in [3.05, 3.63) is 57.6 Å². The maximum absolute atomic E-state index is 13.5. The molecule has 0 saturated heterocycles. The summed E-state index contributed by atoms with van der Waals surface area (Å²) in [6.07, 6.45) is 3.55. The fourth-order valence-corrected chi connectivity index (χ4v) is 3.15. The number of rotatable bonds is 7. The van der Waals surface area contributed by atoms with Crippen LogP contribution in [0.25, 0.3) is 0 Å². The maximum Gasteiger partial charge on any atom is 0.262 e. The summed E-state index contributed by atoms with van der Waals surface area (Å²) in [5, 5.41) is 6.42. The minimum Gasteiger partial charge on any atom is -0.477 e. The molecule has 0 radical (unpaired) electrons. The fourth-order valence-electron chi connectivity index (χ4n) is 2.38. The molecule has 0 aliphatic carbocycles. The number of carbonyl (C=O) groups is 1. The molecule has 12 heteroatoms. The van der Waals surface area contributed by atoms with Crippen molar-refractivity contribution in [2.75, 3.05) is 11.9 Å². The highest BCUT2D eigenvalue weighted by Gasteiger charge is 2.27. The first-order valence-electron chi connectivity index (χ1n) is 8.13. The predicted molar refractivity (Wildman–Crippen MR) is 93.1 cm³/mol. The molecule has 1 aromatic carbocycles. The van der Waals surface area contributed by atoms with Gasteiger partial charge in [-0.25, -0.2) is 18.2 Å². The monoisotopic (exact) mass is 432 g/mol. The van der Waals surface area contributed by atoms with E-state index in [0.29, 0.717) is 13.0 Å². The first kappa shape index (κ1) is 20.7. The lowest BCUT2D eigenvalue weighted by Crippen LogP contribution is -2.21. The van der Waals surface area contributed by atoms with Crippen LogP contribution in [-0.4, -0.2) is 27.3 Å². The van der Waals surface area contributed by atoms with E-state index in [2.05, 4.69) is 20.1 Å². The van der Waals surface area contributed by atoms with Crippen LogP contribution in [0.3, 0.4) is 0 Å². The summed E-state index contributed by atoms with van der Waals surface area (Å²) in [6, 6.07) is 0. The van der Waals surface area contributed by atoms with E-state index in [9.17, 15) is 26.7 Å². The van der Waals surface area contributed by atoms with Crippen LogP contribution in [0.1, 0.15) is 10.6 Å². The average Bonchev–Trinajstić information content (AvgIpc) is 3.31. The molecule has 0 atom stereocenters. The van der Waals surface area contributed by atoms with Gasteiger partial charge in [-0.2, -0.15) is 13.9 Å². The molecule has 1 N–H and O–H groups in total. The normalized spacial score (nSPS) is 11.0. The fraction of sp³-hybridized carbons (Fsp3) is 0.235. The molecule has 0 aliphatic rings. The third-order valence-corrected chi connectivity index (χ3v) is 4.84. The highest BCUT2D eigenvalue weighted by molar-refractivity contribution is 7.09. The number of nitrogens with zero attached hydrogens (tertiary/aromatic N) is 3. The molecule has 0 unspecified atom stereocenters. The number of halogens is 5. The van der Waals surface area contributed by atoms with Gasteiger partial charge in [0.25, 0.3) is 5.91 Å². The molecule has 0 saturated carbocycles. The molecule has 2 aromatic heterocycles. The van der Waals surface area contributed by atoms with E-state index < -0.39 is 47.3 Å². The van der Waals surface area contributed by atoms with E-state index >= 15 is 0 Å². The summed E-state index contributed by atoms with van der Waals surface area (Å²) in [5.74, 6) is -13.3. The van der Waals surface area contributed by atoms with Crippen LogP contribution in [0.15, 0.2) is 17.9 Å². The van der Waals surface area contributed by atoms with Crippen LogP contribution in [0.4, 0.5) is 27.6 Å². The van der Waals surface area contributed by atoms with Crippen LogP contribution < -0.4 is 10.1 Å². The lowest BCUT2D eigenvalue weighted by molar-refractivity contribution is -0.118. The first-order valence-corrected chi connectivity index (χ1v) is 9.01. The lowest BCUT2D eigenvalue weighted by Gasteiger charge is -2.10. The van der Waals surface area contributed by atoms with E-state index in [1.54, 1.807) is 10.2 Å². The molecule has 2 heterocycles. The number of ether oxygens (including phenoxy) is 1. The zero-order valence-corrected chi connectivity index (χ0v) is 15.6. The summed E-state index contributed by atoms with van der Waals surface area (Å²) < 4.78 is 72.3. The van der Waals surface area contributed by atoms with Crippen LogP contribution in [0, 0.1) is 36.0 Å². The van der Waals surface area contributed by atoms with Gasteiger partial charge in [-0.15, -0.1) is 11.3 Å². The number of hydrogen-bond acceptors (Lipinski definition) is 5. The Morgan fingerprint density at radius 1 is 1.14 bits per heavy atom. The van der Waals surface area contributed by atoms with Gasteiger partial charge in [0.05, 0.1) is 23.1 Å². The molecule has 0 spiro atoms. The van der Waals surface area contributed by atoms with Crippen molar-refractivity contribution in [2.24, 2.45) is 0 Å². The lowest BCUT2D eigenvalue weighted by atomic mass is 10.2. The van der Waals surface area contributed by atoms with Crippen molar-refractivity contribution >= 4 is 22.9 Å². The highest BCUT2D eigenvalue weighted by Crippen LogP contribution is 2.29.